The van der Waals surface area contributed by atoms with Crippen LogP contribution < -0.4 is 15.0 Å². The van der Waals surface area contributed by atoms with Crippen LogP contribution in [0.3, 0.4) is 0 Å². The second-order valence-electron chi connectivity index (χ2n) is 7.80. The Morgan fingerprint density at radius 2 is 1.63 bits per heavy atom. The first-order valence-electron chi connectivity index (χ1n) is 10.4. The molecule has 1 aromatic carbocycles. The van der Waals surface area contributed by atoms with Crippen LogP contribution in [-0.4, -0.2) is 20.2 Å². The summed E-state index contributed by atoms with van der Waals surface area (Å²) in [5.41, 5.74) is 5.46. The summed E-state index contributed by atoms with van der Waals surface area (Å²) in [5.74, 6) is 1.70. The Balaban J connectivity index is 1.75. The lowest BCUT2D eigenvalue weighted by atomic mass is 9.81. The number of hydroxylamine groups is 1. The van der Waals surface area contributed by atoms with Gasteiger partial charge < -0.3 is 14.3 Å². The third kappa shape index (κ3) is 5.16. The van der Waals surface area contributed by atoms with Crippen LogP contribution in [0.2, 0.25) is 0 Å². The number of rotatable bonds is 7. The number of hydrogen-bond donors (Lipinski definition) is 0. The molecule has 0 heterocycles. The molecule has 2 aliphatic carbocycles. The van der Waals surface area contributed by atoms with Crippen molar-refractivity contribution in [1.82, 2.24) is 5.48 Å². The van der Waals surface area contributed by atoms with Crippen LogP contribution in [0.4, 0.5) is 0 Å². The van der Waals surface area contributed by atoms with E-state index < -0.39 is 0 Å². The van der Waals surface area contributed by atoms with Gasteiger partial charge in [0.1, 0.15) is 11.5 Å². The molecule has 0 saturated heterocycles. The highest BCUT2D eigenvalue weighted by molar-refractivity contribution is 5.72. The first kappa shape index (κ1) is 20.0. The van der Waals surface area contributed by atoms with Gasteiger partial charge in [-0.2, -0.15) is 0 Å². The van der Waals surface area contributed by atoms with Gasteiger partial charge >= 0.3 is 5.97 Å². The molecular formula is C22H32NO4. The van der Waals surface area contributed by atoms with E-state index in [9.17, 15) is 4.79 Å². The minimum atomic E-state index is -0.182. The van der Waals surface area contributed by atoms with Crippen molar-refractivity contribution in [1.29, 1.82) is 0 Å². The lowest BCUT2D eigenvalue weighted by Crippen LogP contribution is -2.30. The average Bonchev–Trinajstić information content (AvgIpc) is 2.75. The van der Waals surface area contributed by atoms with Gasteiger partial charge in [-0.15, -0.1) is 0 Å². The van der Waals surface area contributed by atoms with E-state index in [4.69, 9.17) is 14.3 Å². The van der Waals surface area contributed by atoms with Gasteiger partial charge in [0.05, 0.1) is 26.2 Å². The smallest absolute Gasteiger partial charge is 0.330 e. The Bertz CT molecular complexity index is 606. The highest BCUT2D eigenvalue weighted by atomic mass is 16.7. The molecule has 1 unspecified atom stereocenters. The largest absolute Gasteiger partial charge is 0.497 e. The van der Waals surface area contributed by atoms with E-state index in [1.807, 2.05) is 18.2 Å². The summed E-state index contributed by atoms with van der Waals surface area (Å²) in [4.78, 5) is 18.0. The minimum absolute atomic E-state index is 0.00673. The molecule has 1 atom stereocenters. The molecule has 0 N–H and O–H groups in total. The molecule has 2 fully saturated rings. The van der Waals surface area contributed by atoms with Crippen molar-refractivity contribution in [2.45, 2.75) is 70.3 Å². The molecule has 0 aromatic heterocycles. The maximum Gasteiger partial charge on any atom is 0.330 e. The second kappa shape index (κ2) is 9.98. The molecular weight excluding hydrogens is 342 g/mol. The highest BCUT2D eigenvalue weighted by Gasteiger charge is 2.32. The van der Waals surface area contributed by atoms with Gasteiger partial charge in [0.2, 0.25) is 0 Å². The normalized spacial score (nSPS) is 20.1. The second-order valence-corrected chi connectivity index (χ2v) is 7.80. The lowest BCUT2D eigenvalue weighted by Gasteiger charge is -2.30. The zero-order valence-electron chi connectivity index (χ0n) is 16.6. The first-order valence-corrected chi connectivity index (χ1v) is 10.4. The molecule has 0 spiro atoms. The molecule has 149 valence electrons. The minimum Gasteiger partial charge on any atom is -0.497 e. The number of carbonyl (C=O) groups is 1. The molecule has 2 aliphatic rings. The third-order valence-electron chi connectivity index (χ3n) is 6.05. The van der Waals surface area contributed by atoms with Gasteiger partial charge in [-0.3, -0.25) is 0 Å². The summed E-state index contributed by atoms with van der Waals surface area (Å²) in [6, 6.07) is 5.61. The van der Waals surface area contributed by atoms with Crippen LogP contribution >= 0.6 is 0 Å². The predicted octanol–water partition coefficient (Wildman–Crippen LogP) is 4.97. The molecule has 5 nitrogen and oxygen atoms in total. The highest BCUT2D eigenvalue weighted by Crippen LogP contribution is 2.40. The van der Waals surface area contributed by atoms with Gasteiger partial charge in [0, 0.05) is 11.6 Å². The quantitative estimate of drug-likeness (QED) is 0.632. The molecule has 27 heavy (non-hydrogen) atoms. The van der Waals surface area contributed by atoms with Gasteiger partial charge in [0.15, 0.2) is 0 Å². The fourth-order valence-corrected chi connectivity index (χ4v) is 4.43. The van der Waals surface area contributed by atoms with Crippen LogP contribution in [0, 0.1) is 11.8 Å². The van der Waals surface area contributed by atoms with Crippen molar-refractivity contribution in [3.63, 3.8) is 0 Å². The Labute approximate surface area is 162 Å². The van der Waals surface area contributed by atoms with E-state index in [1.165, 1.54) is 25.7 Å². The Kier molecular flexibility index (Phi) is 7.39. The summed E-state index contributed by atoms with van der Waals surface area (Å²) in [7, 11) is 3.30. The van der Waals surface area contributed by atoms with Crippen LogP contribution in [0.1, 0.15) is 75.8 Å². The fourth-order valence-electron chi connectivity index (χ4n) is 4.43. The Morgan fingerprint density at radius 1 is 0.963 bits per heavy atom. The zero-order valence-corrected chi connectivity index (χ0v) is 16.6. The van der Waals surface area contributed by atoms with E-state index in [2.05, 4.69) is 5.48 Å². The monoisotopic (exact) mass is 374 g/mol. The van der Waals surface area contributed by atoms with E-state index >= 15 is 0 Å². The van der Waals surface area contributed by atoms with Crippen molar-refractivity contribution >= 4 is 5.97 Å². The van der Waals surface area contributed by atoms with Crippen molar-refractivity contribution in [2.75, 3.05) is 14.2 Å². The maximum atomic E-state index is 12.5. The molecule has 0 amide bonds. The van der Waals surface area contributed by atoms with Crippen LogP contribution in [0.25, 0.3) is 0 Å². The maximum absolute atomic E-state index is 12.5. The number of carbonyl (C=O) groups excluding carboxylic acids is 1. The number of methoxy groups -OCH3 is 2. The van der Waals surface area contributed by atoms with Crippen molar-refractivity contribution in [3.8, 4) is 11.5 Å². The summed E-state index contributed by atoms with van der Waals surface area (Å²) in [6.07, 6.45) is 11.2. The van der Waals surface area contributed by atoms with Crippen molar-refractivity contribution < 1.29 is 19.1 Å². The molecule has 0 aliphatic heterocycles. The summed E-state index contributed by atoms with van der Waals surface area (Å²) in [6.45, 7) is 0. The molecule has 1 aromatic rings. The number of nitrogens with zero attached hydrogens (tertiary/aromatic N) is 1. The van der Waals surface area contributed by atoms with Crippen molar-refractivity contribution in [3.05, 3.63) is 23.8 Å². The SMILES string of the molecule is COc1ccc(C([N]OC(=O)C2CCCCC2)C2CCCCC2)c(OC)c1. The van der Waals surface area contributed by atoms with Crippen molar-refractivity contribution in [2.24, 2.45) is 11.8 Å². The number of benzene rings is 1. The Hall–Kier alpha value is -1.75. The Morgan fingerprint density at radius 3 is 2.26 bits per heavy atom. The van der Waals surface area contributed by atoms with Gasteiger partial charge in [-0.1, -0.05) is 38.5 Å². The predicted molar refractivity (Wildman–Crippen MR) is 104 cm³/mol. The molecule has 1 radical (unpaired) electrons. The zero-order chi connectivity index (χ0) is 19.1. The van der Waals surface area contributed by atoms with Crippen LogP contribution in [0.5, 0.6) is 11.5 Å². The average molecular weight is 375 g/mol. The summed E-state index contributed by atoms with van der Waals surface area (Å²) < 4.78 is 10.9. The van der Waals surface area contributed by atoms with Gasteiger partial charge in [0.25, 0.3) is 0 Å². The summed E-state index contributed by atoms with van der Waals surface area (Å²) in [5, 5.41) is 0. The molecule has 3 rings (SSSR count). The molecule has 5 heteroatoms. The fraction of sp³-hybridized carbons (Fsp3) is 0.682. The van der Waals surface area contributed by atoms with E-state index in [0.29, 0.717) is 5.92 Å². The topological polar surface area (TPSA) is 58.9 Å². The van der Waals surface area contributed by atoms with Crippen LogP contribution in [-0.2, 0) is 9.63 Å². The van der Waals surface area contributed by atoms with E-state index in [1.54, 1.807) is 14.2 Å². The van der Waals surface area contributed by atoms with Gasteiger partial charge in [-0.05, 0) is 49.2 Å². The molecule has 0 bridgehead atoms. The van der Waals surface area contributed by atoms with E-state index in [-0.39, 0.29) is 17.9 Å². The van der Waals surface area contributed by atoms with Crippen LogP contribution in [0.15, 0.2) is 18.2 Å². The lowest BCUT2D eigenvalue weighted by molar-refractivity contribution is -0.161. The van der Waals surface area contributed by atoms with E-state index in [0.717, 1.165) is 55.6 Å². The standard InChI is InChI=1S/C22H32NO4/c1-25-18-13-14-19(20(15-18)26-2)21(16-9-5-3-6-10-16)23-27-22(24)17-11-7-4-8-12-17/h13-17,21H,3-12H2,1-2H3. The molecule has 2 saturated carbocycles. The van der Waals surface area contributed by atoms with Gasteiger partial charge in [-0.25, -0.2) is 4.79 Å². The number of ether oxygens (including phenoxy) is 2. The first-order chi connectivity index (χ1) is 13.2. The third-order valence-corrected chi connectivity index (χ3v) is 6.05. The number of hydrogen-bond acceptors (Lipinski definition) is 4. The summed E-state index contributed by atoms with van der Waals surface area (Å²) >= 11 is 0.